The van der Waals surface area contributed by atoms with Gasteiger partial charge in [0.25, 0.3) is 5.91 Å². The molecule has 4 rings (SSSR count). The van der Waals surface area contributed by atoms with E-state index in [2.05, 4.69) is 9.88 Å². The predicted octanol–water partition coefficient (Wildman–Crippen LogP) is 3.36. The Balaban J connectivity index is 1.39. The number of anilines is 2. The number of hydrogen-bond donors (Lipinski definition) is 1. The van der Waals surface area contributed by atoms with E-state index in [9.17, 15) is 14.4 Å². The summed E-state index contributed by atoms with van der Waals surface area (Å²) in [5.74, 6) is -0.888. The van der Waals surface area contributed by atoms with Crippen LogP contribution in [0.4, 0.5) is 11.4 Å². The molecule has 0 atom stereocenters. The Bertz CT molecular complexity index is 974. The van der Waals surface area contributed by atoms with Gasteiger partial charge >= 0.3 is 5.97 Å². The lowest BCUT2D eigenvalue weighted by atomic mass is 10.2. The first kappa shape index (κ1) is 19.2. The second kappa shape index (κ2) is 7.73. The number of aromatic nitrogens is 1. The molecule has 0 spiro atoms. The second-order valence-electron chi connectivity index (χ2n) is 7.68. The second-order valence-corrected chi connectivity index (χ2v) is 7.68. The van der Waals surface area contributed by atoms with Crippen LogP contribution in [0, 0.1) is 13.8 Å². The zero-order valence-electron chi connectivity index (χ0n) is 16.7. The normalized spacial score (nSPS) is 16.2. The number of carbonyl (C=O) groups is 3. The summed E-state index contributed by atoms with van der Waals surface area (Å²) in [7, 11) is 0. The number of carbonyl (C=O) groups excluding carboxylic acids is 3. The van der Waals surface area contributed by atoms with Gasteiger partial charge in [0.05, 0.1) is 16.9 Å². The average Bonchev–Trinajstić information content (AvgIpc) is 3.36. The van der Waals surface area contributed by atoms with Crippen molar-refractivity contribution in [2.24, 2.45) is 0 Å². The van der Waals surface area contributed by atoms with Crippen molar-refractivity contribution in [3.8, 4) is 0 Å². The highest BCUT2D eigenvalue weighted by atomic mass is 16.5. The van der Waals surface area contributed by atoms with Gasteiger partial charge in [0.15, 0.2) is 6.61 Å². The largest absolute Gasteiger partial charge is 0.452 e. The maximum absolute atomic E-state index is 12.5. The Labute approximate surface area is 169 Å². The molecule has 1 aliphatic carbocycles. The van der Waals surface area contributed by atoms with Crippen LogP contribution in [0.5, 0.6) is 0 Å². The number of aryl methyl sites for hydroxylation is 1. The molecule has 1 saturated carbocycles. The van der Waals surface area contributed by atoms with Crippen LogP contribution in [0.2, 0.25) is 0 Å². The van der Waals surface area contributed by atoms with E-state index in [0.717, 1.165) is 30.7 Å². The maximum atomic E-state index is 12.5. The minimum Gasteiger partial charge on any atom is -0.452 e. The quantitative estimate of drug-likeness (QED) is 0.761. The van der Waals surface area contributed by atoms with Crippen LogP contribution in [0.25, 0.3) is 0 Å². The molecule has 2 fully saturated rings. The summed E-state index contributed by atoms with van der Waals surface area (Å²) in [6.45, 7) is 4.14. The fourth-order valence-corrected chi connectivity index (χ4v) is 3.99. The summed E-state index contributed by atoms with van der Waals surface area (Å²) in [5.41, 5.74) is 3.63. The van der Waals surface area contributed by atoms with Crippen molar-refractivity contribution in [2.75, 3.05) is 23.4 Å². The number of rotatable bonds is 6. The molecule has 2 aromatic rings. The van der Waals surface area contributed by atoms with E-state index in [0.29, 0.717) is 35.9 Å². The number of para-hydroxylation sites is 2. The first-order valence-electron chi connectivity index (χ1n) is 10.0. The van der Waals surface area contributed by atoms with Crippen molar-refractivity contribution in [2.45, 2.75) is 45.6 Å². The molecule has 1 N–H and O–H groups in total. The molecule has 29 heavy (non-hydrogen) atoms. The Morgan fingerprint density at radius 2 is 1.97 bits per heavy atom. The van der Waals surface area contributed by atoms with Gasteiger partial charge in [0.2, 0.25) is 5.91 Å². The molecule has 2 aliphatic rings. The number of hydrogen-bond acceptors (Lipinski definition) is 4. The highest BCUT2D eigenvalue weighted by Gasteiger charge is 2.29. The standard InChI is InChI=1S/C22H25N3O4/c1-14-12-17(15(2)25(14)16-9-10-16)22(28)29-13-20(26)23-18-6-3-4-7-19(18)24-11-5-8-21(24)27/h3-4,6-7,12,16H,5,8-11,13H2,1-2H3,(H,23,26). The van der Waals surface area contributed by atoms with Gasteiger partial charge in [0.1, 0.15) is 0 Å². The number of esters is 1. The van der Waals surface area contributed by atoms with Crippen molar-refractivity contribution in [3.63, 3.8) is 0 Å². The molecular formula is C22H25N3O4. The monoisotopic (exact) mass is 395 g/mol. The smallest absolute Gasteiger partial charge is 0.340 e. The van der Waals surface area contributed by atoms with E-state index in [1.54, 1.807) is 23.1 Å². The van der Waals surface area contributed by atoms with Crippen LogP contribution in [-0.2, 0) is 14.3 Å². The number of nitrogens with zero attached hydrogens (tertiary/aromatic N) is 2. The molecule has 0 unspecified atom stereocenters. The zero-order chi connectivity index (χ0) is 20.5. The van der Waals surface area contributed by atoms with Crippen LogP contribution in [0.15, 0.2) is 30.3 Å². The number of ether oxygens (including phenoxy) is 1. The average molecular weight is 395 g/mol. The van der Waals surface area contributed by atoms with Crippen LogP contribution >= 0.6 is 0 Å². The van der Waals surface area contributed by atoms with E-state index in [1.807, 2.05) is 26.0 Å². The third-order valence-electron chi connectivity index (χ3n) is 5.49. The summed E-state index contributed by atoms with van der Waals surface area (Å²) >= 11 is 0. The minimum atomic E-state index is -0.497. The maximum Gasteiger partial charge on any atom is 0.340 e. The molecule has 2 amide bonds. The van der Waals surface area contributed by atoms with Crippen molar-refractivity contribution < 1.29 is 19.1 Å². The first-order valence-corrected chi connectivity index (χ1v) is 10.0. The molecule has 1 saturated heterocycles. The predicted molar refractivity (Wildman–Crippen MR) is 109 cm³/mol. The molecule has 7 heteroatoms. The molecular weight excluding hydrogens is 370 g/mol. The fourth-order valence-electron chi connectivity index (χ4n) is 3.99. The SMILES string of the molecule is Cc1cc(C(=O)OCC(=O)Nc2ccccc2N2CCCC2=O)c(C)n1C1CC1. The van der Waals surface area contributed by atoms with Crippen LogP contribution < -0.4 is 10.2 Å². The van der Waals surface area contributed by atoms with Gasteiger partial charge in [0, 0.05) is 30.4 Å². The van der Waals surface area contributed by atoms with Gasteiger partial charge in [-0.15, -0.1) is 0 Å². The molecule has 0 bridgehead atoms. The summed E-state index contributed by atoms with van der Waals surface area (Å²) < 4.78 is 7.42. The van der Waals surface area contributed by atoms with E-state index < -0.39 is 11.9 Å². The number of amides is 2. The topological polar surface area (TPSA) is 80.6 Å². The highest BCUT2D eigenvalue weighted by Crippen LogP contribution is 2.38. The van der Waals surface area contributed by atoms with E-state index in [-0.39, 0.29) is 12.5 Å². The van der Waals surface area contributed by atoms with Gasteiger partial charge < -0.3 is 19.5 Å². The van der Waals surface area contributed by atoms with Gasteiger partial charge in [-0.25, -0.2) is 4.79 Å². The van der Waals surface area contributed by atoms with Crippen molar-refractivity contribution in [1.29, 1.82) is 0 Å². The van der Waals surface area contributed by atoms with Crippen molar-refractivity contribution in [3.05, 3.63) is 47.3 Å². The van der Waals surface area contributed by atoms with Crippen LogP contribution in [-0.4, -0.2) is 35.5 Å². The minimum absolute atomic E-state index is 0.0455. The Morgan fingerprint density at radius 3 is 2.66 bits per heavy atom. The molecule has 1 aromatic carbocycles. The first-order chi connectivity index (χ1) is 14.0. The molecule has 1 aromatic heterocycles. The van der Waals surface area contributed by atoms with Gasteiger partial charge in [-0.3, -0.25) is 9.59 Å². The molecule has 0 radical (unpaired) electrons. The lowest BCUT2D eigenvalue weighted by Gasteiger charge is -2.19. The summed E-state index contributed by atoms with van der Waals surface area (Å²) in [4.78, 5) is 38.6. The Kier molecular flexibility index (Phi) is 5.13. The van der Waals surface area contributed by atoms with E-state index >= 15 is 0 Å². The van der Waals surface area contributed by atoms with Gasteiger partial charge in [-0.05, 0) is 51.3 Å². The van der Waals surface area contributed by atoms with Crippen LogP contribution in [0.1, 0.15) is 53.5 Å². The number of benzene rings is 1. The molecule has 1 aliphatic heterocycles. The van der Waals surface area contributed by atoms with Crippen molar-refractivity contribution in [1.82, 2.24) is 4.57 Å². The summed E-state index contributed by atoms with van der Waals surface area (Å²) in [5, 5.41) is 2.76. The molecule has 152 valence electrons. The van der Waals surface area contributed by atoms with Gasteiger partial charge in [-0.1, -0.05) is 12.1 Å². The zero-order valence-corrected chi connectivity index (χ0v) is 16.7. The fraction of sp³-hybridized carbons (Fsp3) is 0.409. The third-order valence-corrected chi connectivity index (χ3v) is 5.49. The van der Waals surface area contributed by atoms with Crippen LogP contribution in [0.3, 0.4) is 0 Å². The third kappa shape index (κ3) is 3.90. The Hall–Kier alpha value is -3.09. The summed E-state index contributed by atoms with van der Waals surface area (Å²) in [6, 6.07) is 9.46. The summed E-state index contributed by atoms with van der Waals surface area (Å²) in [6.07, 6.45) is 3.58. The lowest BCUT2D eigenvalue weighted by molar-refractivity contribution is -0.119. The lowest BCUT2D eigenvalue weighted by Crippen LogP contribution is -2.27. The van der Waals surface area contributed by atoms with Crippen molar-refractivity contribution >= 4 is 29.2 Å². The molecule has 7 nitrogen and oxygen atoms in total. The van der Waals surface area contributed by atoms with E-state index in [4.69, 9.17) is 4.74 Å². The van der Waals surface area contributed by atoms with Gasteiger partial charge in [-0.2, -0.15) is 0 Å². The number of nitrogens with one attached hydrogen (secondary N) is 1. The van der Waals surface area contributed by atoms with E-state index in [1.165, 1.54) is 0 Å². The Morgan fingerprint density at radius 1 is 1.21 bits per heavy atom. The highest BCUT2D eigenvalue weighted by molar-refractivity contribution is 6.03. The molecule has 2 heterocycles.